The van der Waals surface area contributed by atoms with Crippen LogP contribution in [0, 0.1) is 5.41 Å². The third-order valence-electron chi connectivity index (χ3n) is 4.90. The first kappa shape index (κ1) is 17.0. The molecule has 5 nitrogen and oxygen atoms in total. The lowest BCUT2D eigenvalue weighted by Gasteiger charge is -2.35. The first-order chi connectivity index (χ1) is 12.5. The minimum absolute atomic E-state index is 0.0347. The Morgan fingerprint density at radius 1 is 1.35 bits per heavy atom. The standard InChI is InChI=1S/C20H22N4OS/c1-20(2)8-16(23-19(25)17-12-26-13-21-17)15-10-22-24(18(15)9-20)11-14-6-4-3-5-7-14/h3-7,10,12-13,16H,8-9,11H2,1-2H3,(H,23,25). The molecule has 26 heavy (non-hydrogen) atoms. The van der Waals surface area contributed by atoms with Crippen LogP contribution in [-0.2, 0) is 13.0 Å². The summed E-state index contributed by atoms with van der Waals surface area (Å²) in [7, 11) is 0. The third-order valence-corrected chi connectivity index (χ3v) is 5.49. The monoisotopic (exact) mass is 366 g/mol. The summed E-state index contributed by atoms with van der Waals surface area (Å²) in [6, 6.07) is 10.3. The average Bonchev–Trinajstić information content (AvgIpc) is 3.26. The van der Waals surface area contributed by atoms with Crippen molar-refractivity contribution in [2.45, 2.75) is 39.3 Å². The van der Waals surface area contributed by atoms with E-state index in [-0.39, 0.29) is 17.4 Å². The number of hydrogen-bond acceptors (Lipinski definition) is 4. The molecule has 2 heterocycles. The Hall–Kier alpha value is -2.47. The zero-order chi connectivity index (χ0) is 18.1. The minimum atomic E-state index is -0.115. The van der Waals surface area contributed by atoms with Gasteiger partial charge in [-0.05, 0) is 23.8 Å². The van der Waals surface area contributed by atoms with Crippen molar-refractivity contribution in [2.75, 3.05) is 0 Å². The number of thiazole rings is 1. The fourth-order valence-electron chi connectivity index (χ4n) is 3.68. The molecule has 0 spiro atoms. The lowest BCUT2D eigenvalue weighted by Crippen LogP contribution is -2.37. The lowest BCUT2D eigenvalue weighted by atomic mass is 9.74. The molecule has 0 radical (unpaired) electrons. The van der Waals surface area contributed by atoms with Crippen LogP contribution in [0.1, 0.15) is 53.6 Å². The van der Waals surface area contributed by atoms with Crippen LogP contribution in [0.5, 0.6) is 0 Å². The van der Waals surface area contributed by atoms with E-state index in [9.17, 15) is 4.79 Å². The van der Waals surface area contributed by atoms with Crippen LogP contribution >= 0.6 is 11.3 Å². The van der Waals surface area contributed by atoms with Gasteiger partial charge in [-0.25, -0.2) is 4.98 Å². The van der Waals surface area contributed by atoms with Crippen molar-refractivity contribution in [3.63, 3.8) is 0 Å². The Morgan fingerprint density at radius 2 is 2.15 bits per heavy atom. The zero-order valence-electron chi connectivity index (χ0n) is 15.0. The number of aromatic nitrogens is 3. The molecule has 1 N–H and O–H groups in total. The summed E-state index contributed by atoms with van der Waals surface area (Å²) in [6.45, 7) is 5.24. The van der Waals surface area contributed by atoms with Crippen molar-refractivity contribution in [3.8, 4) is 0 Å². The summed E-state index contributed by atoms with van der Waals surface area (Å²) in [4.78, 5) is 16.6. The number of amides is 1. The largest absolute Gasteiger partial charge is 0.344 e. The second-order valence-electron chi connectivity index (χ2n) is 7.63. The van der Waals surface area contributed by atoms with Gasteiger partial charge in [-0.15, -0.1) is 11.3 Å². The van der Waals surface area contributed by atoms with Gasteiger partial charge in [-0.2, -0.15) is 5.10 Å². The summed E-state index contributed by atoms with van der Waals surface area (Å²) >= 11 is 1.43. The second-order valence-corrected chi connectivity index (χ2v) is 8.35. The van der Waals surface area contributed by atoms with Crippen molar-refractivity contribution >= 4 is 17.2 Å². The van der Waals surface area contributed by atoms with Gasteiger partial charge >= 0.3 is 0 Å². The molecule has 0 aliphatic heterocycles. The van der Waals surface area contributed by atoms with Crippen molar-refractivity contribution < 1.29 is 4.79 Å². The van der Waals surface area contributed by atoms with Gasteiger partial charge in [0.15, 0.2) is 0 Å². The number of rotatable bonds is 4. The van der Waals surface area contributed by atoms with Crippen LogP contribution in [0.3, 0.4) is 0 Å². The van der Waals surface area contributed by atoms with Gasteiger partial charge in [0.2, 0.25) is 0 Å². The van der Waals surface area contributed by atoms with E-state index in [1.807, 2.05) is 24.4 Å². The Morgan fingerprint density at radius 3 is 2.88 bits per heavy atom. The van der Waals surface area contributed by atoms with Crippen molar-refractivity contribution in [3.05, 3.63) is 69.9 Å². The molecule has 4 rings (SSSR count). The maximum absolute atomic E-state index is 12.5. The zero-order valence-corrected chi connectivity index (χ0v) is 15.8. The van der Waals surface area contributed by atoms with Crippen LogP contribution in [0.2, 0.25) is 0 Å². The van der Waals surface area contributed by atoms with Crippen LogP contribution in [0.15, 0.2) is 47.4 Å². The molecular formula is C20H22N4OS. The molecule has 0 saturated carbocycles. The van der Waals surface area contributed by atoms with Crippen molar-refractivity contribution in [1.29, 1.82) is 0 Å². The first-order valence-corrected chi connectivity index (χ1v) is 9.74. The number of carbonyl (C=O) groups excluding carboxylic acids is 1. The topological polar surface area (TPSA) is 59.8 Å². The van der Waals surface area contributed by atoms with E-state index in [0.29, 0.717) is 5.69 Å². The highest BCUT2D eigenvalue weighted by Gasteiger charge is 2.36. The van der Waals surface area contributed by atoms with E-state index < -0.39 is 0 Å². The third kappa shape index (κ3) is 3.42. The smallest absolute Gasteiger partial charge is 0.271 e. The fraction of sp³-hybridized carbons (Fsp3) is 0.350. The van der Waals surface area contributed by atoms with E-state index >= 15 is 0 Å². The fourth-order valence-corrected chi connectivity index (χ4v) is 4.21. The van der Waals surface area contributed by atoms with Crippen LogP contribution < -0.4 is 5.32 Å². The number of benzene rings is 1. The van der Waals surface area contributed by atoms with Gasteiger partial charge in [0.1, 0.15) is 5.69 Å². The van der Waals surface area contributed by atoms with E-state index in [4.69, 9.17) is 0 Å². The molecule has 1 amide bonds. The number of hydrogen-bond donors (Lipinski definition) is 1. The molecule has 1 atom stereocenters. The molecule has 0 fully saturated rings. The van der Waals surface area contributed by atoms with Crippen LogP contribution in [0.25, 0.3) is 0 Å². The number of fused-ring (bicyclic) bond motifs is 1. The predicted molar refractivity (Wildman–Crippen MR) is 102 cm³/mol. The minimum Gasteiger partial charge on any atom is -0.344 e. The molecule has 0 saturated heterocycles. The van der Waals surface area contributed by atoms with Crippen molar-refractivity contribution in [2.24, 2.45) is 5.41 Å². The Bertz CT molecular complexity index is 899. The van der Waals surface area contributed by atoms with Gasteiger partial charge in [0.25, 0.3) is 5.91 Å². The highest BCUT2D eigenvalue weighted by molar-refractivity contribution is 7.07. The molecule has 1 unspecified atom stereocenters. The highest BCUT2D eigenvalue weighted by atomic mass is 32.1. The maximum Gasteiger partial charge on any atom is 0.271 e. The summed E-state index contributed by atoms with van der Waals surface area (Å²) in [5.74, 6) is -0.115. The molecule has 2 aromatic heterocycles. The van der Waals surface area contributed by atoms with Gasteiger partial charge in [-0.1, -0.05) is 44.2 Å². The molecular weight excluding hydrogens is 344 g/mol. The van der Waals surface area contributed by atoms with Gasteiger partial charge in [0, 0.05) is 16.6 Å². The molecule has 0 bridgehead atoms. The van der Waals surface area contributed by atoms with E-state index in [1.54, 1.807) is 10.9 Å². The van der Waals surface area contributed by atoms with Crippen molar-refractivity contribution in [1.82, 2.24) is 20.1 Å². The number of nitrogens with one attached hydrogen (secondary N) is 1. The number of nitrogens with zero attached hydrogens (tertiary/aromatic N) is 3. The van der Waals surface area contributed by atoms with Gasteiger partial charge < -0.3 is 5.32 Å². The van der Waals surface area contributed by atoms with E-state index in [0.717, 1.165) is 24.9 Å². The summed E-state index contributed by atoms with van der Waals surface area (Å²) < 4.78 is 2.08. The summed E-state index contributed by atoms with van der Waals surface area (Å²) in [5, 5.41) is 9.57. The van der Waals surface area contributed by atoms with Crippen LogP contribution in [0.4, 0.5) is 0 Å². The summed E-state index contributed by atoms with van der Waals surface area (Å²) in [6.07, 6.45) is 3.77. The quantitative estimate of drug-likeness (QED) is 0.763. The molecule has 1 aromatic carbocycles. The van der Waals surface area contributed by atoms with Gasteiger partial charge in [0.05, 0.1) is 24.3 Å². The first-order valence-electron chi connectivity index (χ1n) is 8.79. The average molecular weight is 366 g/mol. The van der Waals surface area contributed by atoms with E-state index in [2.05, 4.69) is 46.1 Å². The molecule has 6 heteroatoms. The second kappa shape index (κ2) is 6.68. The lowest BCUT2D eigenvalue weighted by molar-refractivity contribution is 0.0914. The Balaban J connectivity index is 1.62. The predicted octanol–water partition coefficient (Wildman–Crippen LogP) is 3.83. The molecule has 134 valence electrons. The summed E-state index contributed by atoms with van der Waals surface area (Å²) in [5.41, 5.74) is 5.84. The normalized spacial score (nSPS) is 18.3. The number of carbonyl (C=O) groups is 1. The Labute approximate surface area is 157 Å². The van der Waals surface area contributed by atoms with Crippen LogP contribution in [-0.4, -0.2) is 20.7 Å². The highest BCUT2D eigenvalue weighted by Crippen LogP contribution is 2.41. The molecule has 3 aromatic rings. The molecule has 1 aliphatic carbocycles. The maximum atomic E-state index is 12.5. The Kier molecular flexibility index (Phi) is 4.36. The molecule has 1 aliphatic rings. The van der Waals surface area contributed by atoms with Gasteiger partial charge in [-0.3, -0.25) is 9.48 Å². The SMILES string of the molecule is CC1(C)Cc2c(cnn2Cc2ccccc2)C(NC(=O)c2cscn2)C1. The van der Waals surface area contributed by atoms with E-state index in [1.165, 1.54) is 22.6 Å².